The van der Waals surface area contributed by atoms with E-state index in [9.17, 15) is 9.59 Å². The number of carbonyl (C=O) groups excluding carboxylic acids is 2. The third kappa shape index (κ3) is 1.91. The molecule has 2 aliphatic rings. The summed E-state index contributed by atoms with van der Waals surface area (Å²) >= 11 is 0. The minimum atomic E-state index is -0.174. The van der Waals surface area contributed by atoms with Crippen molar-refractivity contribution in [2.45, 2.75) is 38.3 Å². The van der Waals surface area contributed by atoms with Crippen molar-refractivity contribution in [1.29, 1.82) is 0 Å². The predicted octanol–water partition coefficient (Wildman–Crippen LogP) is 0.174. The lowest BCUT2D eigenvalue weighted by Gasteiger charge is -2.25. The molecule has 0 aromatic carbocycles. The second-order valence-electron chi connectivity index (χ2n) is 4.58. The summed E-state index contributed by atoms with van der Waals surface area (Å²) in [6, 6.07) is -0.238. The highest BCUT2D eigenvalue weighted by molar-refractivity contribution is 5.85. The molecule has 0 bridgehead atoms. The van der Waals surface area contributed by atoms with Gasteiger partial charge in [-0.1, -0.05) is 6.92 Å². The van der Waals surface area contributed by atoms with E-state index < -0.39 is 0 Å². The van der Waals surface area contributed by atoms with Gasteiger partial charge in [-0.3, -0.25) is 4.79 Å². The molecule has 0 aromatic rings. The van der Waals surface area contributed by atoms with Crippen LogP contribution < -0.4 is 5.32 Å². The van der Waals surface area contributed by atoms with Gasteiger partial charge >= 0.3 is 0 Å². The number of nitrogens with zero attached hydrogens (tertiary/aromatic N) is 1. The van der Waals surface area contributed by atoms with Crippen molar-refractivity contribution in [3.8, 4) is 0 Å². The van der Waals surface area contributed by atoms with Crippen molar-refractivity contribution in [1.82, 2.24) is 10.2 Å². The largest absolute Gasteiger partial charge is 0.332 e. The Labute approximate surface area is 90.0 Å². The van der Waals surface area contributed by atoms with Gasteiger partial charge in [0, 0.05) is 6.54 Å². The van der Waals surface area contributed by atoms with E-state index >= 15 is 0 Å². The summed E-state index contributed by atoms with van der Waals surface area (Å²) in [6.07, 6.45) is 3.74. The van der Waals surface area contributed by atoms with Crippen molar-refractivity contribution in [2.24, 2.45) is 5.92 Å². The van der Waals surface area contributed by atoms with E-state index in [0.717, 1.165) is 38.6 Å². The first kappa shape index (κ1) is 10.6. The molecule has 0 aliphatic carbocycles. The van der Waals surface area contributed by atoms with Crippen LogP contribution in [0.4, 0.5) is 0 Å². The Bertz CT molecular complexity index is 267. The maximum atomic E-state index is 12.1. The van der Waals surface area contributed by atoms with Crippen LogP contribution in [0.15, 0.2) is 0 Å². The number of hydrogen-bond donors (Lipinski definition) is 1. The first-order valence-electron chi connectivity index (χ1n) is 5.73. The van der Waals surface area contributed by atoms with Gasteiger partial charge in [0.2, 0.25) is 5.91 Å². The predicted molar refractivity (Wildman–Crippen MR) is 56.4 cm³/mol. The maximum absolute atomic E-state index is 12.1. The molecule has 15 heavy (non-hydrogen) atoms. The highest BCUT2D eigenvalue weighted by Crippen LogP contribution is 2.22. The van der Waals surface area contributed by atoms with Crippen LogP contribution in [-0.4, -0.2) is 42.3 Å². The SMILES string of the molecule is C[C@H]1CCNC1C(=O)N1CCC[C@H]1C=O. The van der Waals surface area contributed by atoms with Gasteiger partial charge in [-0.2, -0.15) is 0 Å². The van der Waals surface area contributed by atoms with Crippen LogP contribution in [0.25, 0.3) is 0 Å². The van der Waals surface area contributed by atoms with Crippen molar-refractivity contribution in [2.75, 3.05) is 13.1 Å². The summed E-state index contributed by atoms with van der Waals surface area (Å²) in [4.78, 5) is 24.7. The quantitative estimate of drug-likeness (QED) is 0.661. The summed E-state index contributed by atoms with van der Waals surface area (Å²) in [7, 11) is 0. The normalized spacial score (nSPS) is 35.8. The molecule has 3 atom stereocenters. The fourth-order valence-corrected chi connectivity index (χ4v) is 2.55. The Kier molecular flexibility index (Phi) is 3.05. The van der Waals surface area contributed by atoms with Gasteiger partial charge in [0.1, 0.15) is 6.29 Å². The van der Waals surface area contributed by atoms with Gasteiger partial charge < -0.3 is 15.0 Å². The number of aldehydes is 1. The molecule has 2 fully saturated rings. The van der Waals surface area contributed by atoms with Gasteiger partial charge in [-0.25, -0.2) is 0 Å². The molecule has 1 unspecified atom stereocenters. The Hall–Kier alpha value is -0.900. The molecule has 4 heteroatoms. The van der Waals surface area contributed by atoms with Crippen LogP contribution in [0.2, 0.25) is 0 Å². The Morgan fingerprint density at radius 1 is 1.47 bits per heavy atom. The monoisotopic (exact) mass is 210 g/mol. The van der Waals surface area contributed by atoms with E-state index in [4.69, 9.17) is 0 Å². The standard InChI is InChI=1S/C11H18N2O2/c1-8-4-5-12-10(8)11(15)13-6-2-3-9(13)7-14/h7-10,12H,2-6H2,1H3/t8-,9-,10?/m0/s1. The number of rotatable bonds is 2. The van der Waals surface area contributed by atoms with Crippen LogP contribution >= 0.6 is 0 Å². The molecule has 2 saturated heterocycles. The second kappa shape index (κ2) is 4.31. The Morgan fingerprint density at radius 3 is 2.87 bits per heavy atom. The van der Waals surface area contributed by atoms with E-state index in [2.05, 4.69) is 12.2 Å². The van der Waals surface area contributed by atoms with Crippen LogP contribution in [0.5, 0.6) is 0 Å². The van der Waals surface area contributed by atoms with E-state index in [1.807, 2.05) is 0 Å². The Morgan fingerprint density at radius 2 is 2.27 bits per heavy atom. The highest BCUT2D eigenvalue weighted by Gasteiger charge is 2.37. The van der Waals surface area contributed by atoms with Crippen LogP contribution in [0.3, 0.4) is 0 Å². The number of hydrogen-bond acceptors (Lipinski definition) is 3. The van der Waals surface area contributed by atoms with Crippen LogP contribution in [0.1, 0.15) is 26.2 Å². The molecular formula is C11H18N2O2. The fourth-order valence-electron chi connectivity index (χ4n) is 2.55. The minimum absolute atomic E-state index is 0.0643. The molecule has 0 saturated carbocycles. The summed E-state index contributed by atoms with van der Waals surface area (Å²) in [5.74, 6) is 0.514. The summed E-state index contributed by atoms with van der Waals surface area (Å²) in [5.41, 5.74) is 0. The number of carbonyl (C=O) groups is 2. The molecular weight excluding hydrogens is 192 g/mol. The number of nitrogens with one attached hydrogen (secondary N) is 1. The fraction of sp³-hybridized carbons (Fsp3) is 0.818. The zero-order valence-electron chi connectivity index (χ0n) is 9.11. The summed E-state index contributed by atoms with van der Waals surface area (Å²) in [6.45, 7) is 3.75. The van der Waals surface area contributed by atoms with E-state index in [0.29, 0.717) is 5.92 Å². The molecule has 0 aromatic heterocycles. The van der Waals surface area contributed by atoms with Gasteiger partial charge in [0.25, 0.3) is 0 Å². The first-order valence-corrected chi connectivity index (χ1v) is 5.73. The van der Waals surface area contributed by atoms with Gasteiger partial charge in [-0.15, -0.1) is 0 Å². The zero-order valence-corrected chi connectivity index (χ0v) is 9.11. The van der Waals surface area contributed by atoms with Crippen molar-refractivity contribution >= 4 is 12.2 Å². The molecule has 1 N–H and O–H groups in total. The van der Waals surface area contributed by atoms with E-state index in [1.54, 1.807) is 4.90 Å². The summed E-state index contributed by atoms with van der Waals surface area (Å²) < 4.78 is 0. The van der Waals surface area contributed by atoms with Crippen LogP contribution in [-0.2, 0) is 9.59 Å². The van der Waals surface area contributed by atoms with Crippen molar-refractivity contribution in [3.05, 3.63) is 0 Å². The van der Waals surface area contributed by atoms with Gasteiger partial charge in [0.05, 0.1) is 12.1 Å². The van der Waals surface area contributed by atoms with Gasteiger partial charge in [-0.05, 0) is 31.7 Å². The number of likely N-dealkylation sites (tertiary alicyclic amines) is 1. The third-order valence-corrected chi connectivity index (χ3v) is 3.54. The smallest absolute Gasteiger partial charge is 0.240 e. The molecule has 2 heterocycles. The average molecular weight is 210 g/mol. The molecule has 84 valence electrons. The lowest BCUT2D eigenvalue weighted by molar-refractivity contribution is -0.136. The van der Waals surface area contributed by atoms with E-state index in [-0.39, 0.29) is 18.0 Å². The maximum Gasteiger partial charge on any atom is 0.240 e. The zero-order chi connectivity index (χ0) is 10.8. The molecule has 1 amide bonds. The third-order valence-electron chi connectivity index (χ3n) is 3.54. The highest BCUT2D eigenvalue weighted by atomic mass is 16.2. The molecule has 0 radical (unpaired) electrons. The van der Waals surface area contributed by atoms with Crippen molar-refractivity contribution < 1.29 is 9.59 Å². The molecule has 0 spiro atoms. The van der Waals surface area contributed by atoms with Crippen LogP contribution in [0, 0.1) is 5.92 Å². The lowest BCUT2D eigenvalue weighted by Crippen LogP contribution is -2.48. The first-order chi connectivity index (χ1) is 7.24. The molecule has 4 nitrogen and oxygen atoms in total. The average Bonchev–Trinajstić information content (AvgIpc) is 2.84. The summed E-state index contributed by atoms with van der Waals surface area (Å²) in [5, 5.41) is 3.22. The van der Waals surface area contributed by atoms with E-state index in [1.165, 1.54) is 0 Å². The lowest BCUT2D eigenvalue weighted by atomic mass is 10.0. The van der Waals surface area contributed by atoms with Gasteiger partial charge in [0.15, 0.2) is 0 Å². The minimum Gasteiger partial charge on any atom is -0.332 e. The Balaban J connectivity index is 2.03. The molecule has 2 aliphatic heterocycles. The molecule has 2 rings (SSSR count). The van der Waals surface area contributed by atoms with Crippen molar-refractivity contribution in [3.63, 3.8) is 0 Å². The second-order valence-corrected chi connectivity index (χ2v) is 4.58. The topological polar surface area (TPSA) is 49.4 Å². The number of amides is 1.